The van der Waals surface area contributed by atoms with Crippen LogP contribution in [-0.4, -0.2) is 59.8 Å². The van der Waals surface area contributed by atoms with Crippen molar-refractivity contribution in [3.63, 3.8) is 0 Å². The molecule has 0 bridgehead atoms. The number of carbonyl (C=O) groups excluding carboxylic acids is 1. The molecule has 0 saturated heterocycles. The standard InChI is InChI=1S/C11H7NO4S.Ca.2H/c13-9(14)7-2-1-3-8(6-7)10(15)16-11-12-4-5-17-11;;;/h1-6H,(H,13,14);;;. The van der Waals surface area contributed by atoms with Gasteiger partial charge in [-0.25, -0.2) is 14.6 Å². The molecule has 0 amide bonds. The number of nitrogens with zero attached hydrogens (tertiary/aromatic N) is 1. The van der Waals surface area contributed by atoms with E-state index in [0.29, 0.717) is 0 Å². The molecule has 90 valence electrons. The molecule has 0 unspecified atom stereocenters. The monoisotopic (exact) mass is 291 g/mol. The van der Waals surface area contributed by atoms with Crippen LogP contribution in [0.25, 0.3) is 0 Å². The van der Waals surface area contributed by atoms with Crippen LogP contribution in [0.4, 0.5) is 0 Å². The first-order valence-corrected chi connectivity index (χ1v) is 5.50. The first-order chi connectivity index (χ1) is 8.16. The van der Waals surface area contributed by atoms with E-state index in [1.165, 1.54) is 41.8 Å². The number of ether oxygens (including phenoxy) is 1. The number of benzene rings is 1. The summed E-state index contributed by atoms with van der Waals surface area (Å²) in [5.41, 5.74) is 0.221. The molecule has 18 heavy (non-hydrogen) atoms. The van der Waals surface area contributed by atoms with Crippen LogP contribution in [0.2, 0.25) is 0 Å². The van der Waals surface area contributed by atoms with Gasteiger partial charge >= 0.3 is 49.7 Å². The summed E-state index contributed by atoms with van der Waals surface area (Å²) >= 11 is 1.19. The summed E-state index contributed by atoms with van der Waals surface area (Å²) in [6.07, 6.45) is 1.51. The second-order valence-electron chi connectivity index (χ2n) is 3.07. The van der Waals surface area contributed by atoms with E-state index in [2.05, 4.69) is 4.98 Å². The Bertz CT molecular complexity index is 556. The average Bonchev–Trinajstić information content (AvgIpc) is 2.82. The molecule has 5 nitrogen and oxygen atoms in total. The Morgan fingerprint density at radius 1 is 1.28 bits per heavy atom. The van der Waals surface area contributed by atoms with E-state index in [-0.39, 0.29) is 54.1 Å². The third-order valence-electron chi connectivity index (χ3n) is 1.93. The number of thiazole rings is 1. The maximum atomic E-state index is 11.6. The molecule has 1 aromatic carbocycles. The first kappa shape index (κ1) is 15.1. The van der Waals surface area contributed by atoms with Crippen molar-refractivity contribution in [3.05, 3.63) is 47.0 Å². The van der Waals surface area contributed by atoms with Crippen molar-refractivity contribution < 1.29 is 19.4 Å². The predicted octanol–water partition coefficient (Wildman–Crippen LogP) is 1.14. The van der Waals surface area contributed by atoms with Gasteiger partial charge in [0.2, 0.25) is 0 Å². The second kappa shape index (κ2) is 6.84. The van der Waals surface area contributed by atoms with E-state index in [0.717, 1.165) is 0 Å². The van der Waals surface area contributed by atoms with Crippen molar-refractivity contribution in [3.8, 4) is 5.19 Å². The Hall–Kier alpha value is -0.950. The molecule has 2 rings (SSSR count). The van der Waals surface area contributed by atoms with Crippen LogP contribution in [-0.2, 0) is 0 Å². The topological polar surface area (TPSA) is 76.5 Å². The molecule has 0 aliphatic carbocycles. The molecule has 2 aromatic rings. The Kier molecular flexibility index (Phi) is 5.74. The predicted molar refractivity (Wildman–Crippen MR) is 69.0 cm³/mol. The van der Waals surface area contributed by atoms with Gasteiger partial charge in [0.05, 0.1) is 11.1 Å². The van der Waals surface area contributed by atoms with E-state index in [4.69, 9.17) is 9.84 Å². The van der Waals surface area contributed by atoms with Gasteiger partial charge in [-0.2, -0.15) is 0 Å². The zero-order chi connectivity index (χ0) is 12.3. The van der Waals surface area contributed by atoms with Gasteiger partial charge in [0.1, 0.15) is 0 Å². The Morgan fingerprint density at radius 2 is 2.00 bits per heavy atom. The fourth-order valence-electron chi connectivity index (χ4n) is 1.18. The molecule has 0 spiro atoms. The molecule has 0 fully saturated rings. The number of carboxylic acid groups (broad SMARTS) is 1. The van der Waals surface area contributed by atoms with Gasteiger partial charge in [0, 0.05) is 11.6 Å². The number of hydrogen-bond acceptors (Lipinski definition) is 5. The minimum atomic E-state index is -1.09. The van der Waals surface area contributed by atoms with E-state index in [9.17, 15) is 9.59 Å². The zero-order valence-electron chi connectivity index (χ0n) is 8.49. The molecule has 1 N–H and O–H groups in total. The van der Waals surface area contributed by atoms with Crippen LogP contribution in [0.5, 0.6) is 5.19 Å². The number of carboxylic acids is 1. The third kappa shape index (κ3) is 3.78. The fraction of sp³-hybridized carbons (Fsp3) is 0. The van der Waals surface area contributed by atoms with E-state index in [1.54, 1.807) is 5.38 Å². The van der Waals surface area contributed by atoms with E-state index in [1.807, 2.05) is 0 Å². The third-order valence-corrected chi connectivity index (χ3v) is 2.58. The van der Waals surface area contributed by atoms with Gasteiger partial charge in [-0.1, -0.05) is 17.4 Å². The summed E-state index contributed by atoms with van der Waals surface area (Å²) in [5, 5.41) is 10.7. The van der Waals surface area contributed by atoms with E-state index >= 15 is 0 Å². The summed E-state index contributed by atoms with van der Waals surface area (Å²) in [6, 6.07) is 5.64. The summed E-state index contributed by atoms with van der Waals surface area (Å²) in [7, 11) is 0. The van der Waals surface area contributed by atoms with Gasteiger partial charge in [0.25, 0.3) is 5.19 Å². The van der Waals surface area contributed by atoms with Gasteiger partial charge < -0.3 is 9.84 Å². The molecule has 1 heterocycles. The fourth-order valence-corrected chi connectivity index (χ4v) is 1.66. The zero-order valence-corrected chi connectivity index (χ0v) is 9.31. The number of aromatic nitrogens is 1. The summed E-state index contributed by atoms with van der Waals surface area (Å²) < 4.78 is 4.95. The summed E-state index contributed by atoms with van der Waals surface area (Å²) in [4.78, 5) is 26.2. The number of carbonyl (C=O) groups is 2. The van der Waals surface area contributed by atoms with Gasteiger partial charge in [-0.05, 0) is 18.2 Å². The Morgan fingerprint density at radius 3 is 2.61 bits per heavy atom. The van der Waals surface area contributed by atoms with Crippen LogP contribution in [0.1, 0.15) is 20.7 Å². The normalized spacial score (nSPS) is 9.33. The first-order valence-electron chi connectivity index (χ1n) is 4.62. The van der Waals surface area contributed by atoms with E-state index < -0.39 is 11.9 Å². The van der Waals surface area contributed by atoms with Crippen LogP contribution < -0.4 is 4.74 Å². The molecule has 0 saturated carbocycles. The molecule has 0 atom stereocenters. The van der Waals surface area contributed by atoms with Crippen LogP contribution in [0.3, 0.4) is 0 Å². The number of aromatic carboxylic acids is 1. The van der Waals surface area contributed by atoms with Crippen molar-refractivity contribution in [1.29, 1.82) is 0 Å². The van der Waals surface area contributed by atoms with Crippen molar-refractivity contribution >= 4 is 61.0 Å². The van der Waals surface area contributed by atoms with Crippen LogP contribution in [0, 0.1) is 0 Å². The number of esters is 1. The quantitative estimate of drug-likeness (QED) is 0.678. The van der Waals surface area contributed by atoms with Gasteiger partial charge in [0.15, 0.2) is 0 Å². The van der Waals surface area contributed by atoms with Crippen molar-refractivity contribution in [2.75, 3.05) is 0 Å². The van der Waals surface area contributed by atoms with Crippen molar-refractivity contribution in [1.82, 2.24) is 4.98 Å². The van der Waals surface area contributed by atoms with Gasteiger partial charge in [-0.3, -0.25) is 0 Å². The second-order valence-corrected chi connectivity index (χ2v) is 3.93. The Labute approximate surface area is 136 Å². The number of hydrogen-bond donors (Lipinski definition) is 1. The average molecular weight is 291 g/mol. The van der Waals surface area contributed by atoms with Crippen LogP contribution in [0.15, 0.2) is 35.8 Å². The van der Waals surface area contributed by atoms with Crippen molar-refractivity contribution in [2.45, 2.75) is 0 Å². The molecular weight excluding hydrogens is 282 g/mol. The summed E-state index contributed by atoms with van der Waals surface area (Å²) in [6.45, 7) is 0. The molecular formula is C11H9CaNO4S. The minimum absolute atomic E-state index is 0. The maximum absolute atomic E-state index is 11.6. The van der Waals surface area contributed by atoms with Gasteiger partial charge in [-0.15, -0.1) is 0 Å². The van der Waals surface area contributed by atoms with Crippen molar-refractivity contribution in [2.24, 2.45) is 0 Å². The summed E-state index contributed by atoms with van der Waals surface area (Å²) in [5.74, 6) is -1.71. The van der Waals surface area contributed by atoms with Crippen LogP contribution >= 0.6 is 11.3 Å². The molecule has 7 heteroatoms. The molecule has 1 aromatic heterocycles. The molecule has 0 radical (unpaired) electrons. The molecule has 0 aliphatic rings. The SMILES string of the molecule is O=C(O)c1cccc(C(=O)Oc2nccs2)c1.[CaH2]. The Balaban J connectivity index is 0.00000162. The molecule has 0 aliphatic heterocycles. The number of rotatable bonds is 3.